The molecule has 26 heavy (non-hydrogen) atoms. The van der Waals surface area contributed by atoms with E-state index in [2.05, 4.69) is 10.5 Å². The molecule has 4 rings (SSSR count). The number of nitrogen functional groups attached to an aromatic ring is 1. The van der Waals surface area contributed by atoms with Gasteiger partial charge in [-0.3, -0.25) is 4.79 Å². The fourth-order valence-electron chi connectivity index (χ4n) is 2.97. The molecule has 0 fully saturated rings. The van der Waals surface area contributed by atoms with Gasteiger partial charge in [0.15, 0.2) is 0 Å². The average molecular weight is 353 g/mol. The van der Waals surface area contributed by atoms with E-state index < -0.39 is 0 Å². The number of fused-ring (bicyclic) bond motifs is 1. The van der Waals surface area contributed by atoms with Gasteiger partial charge in [0.2, 0.25) is 11.8 Å². The first-order valence-electron chi connectivity index (χ1n) is 8.13. The standard InChI is InChI=1S/C19H16FN3O3/c20-14-3-6-17-12(8-14)7-13(10-25-17)19(24)23-15-4-1-11(2-5-15)16-9-22-26-18(16)21/h1-6,8-9,13H,7,10,21H2,(H,23,24). The zero-order valence-corrected chi connectivity index (χ0v) is 13.7. The van der Waals surface area contributed by atoms with E-state index in [9.17, 15) is 9.18 Å². The van der Waals surface area contributed by atoms with Crippen molar-refractivity contribution in [2.75, 3.05) is 17.7 Å². The van der Waals surface area contributed by atoms with Gasteiger partial charge in [-0.1, -0.05) is 17.3 Å². The van der Waals surface area contributed by atoms with Crippen LogP contribution in [-0.2, 0) is 11.2 Å². The Morgan fingerprint density at radius 2 is 2.04 bits per heavy atom. The van der Waals surface area contributed by atoms with E-state index in [-0.39, 0.29) is 30.1 Å². The SMILES string of the molecule is Nc1oncc1-c1ccc(NC(=O)C2COc3ccc(F)cc3C2)cc1. The second kappa shape index (κ2) is 6.51. The Bertz CT molecular complexity index is 953. The van der Waals surface area contributed by atoms with Crippen LogP contribution in [0.5, 0.6) is 5.75 Å². The normalized spacial score (nSPS) is 15.8. The second-order valence-electron chi connectivity index (χ2n) is 6.13. The maximum absolute atomic E-state index is 13.4. The van der Waals surface area contributed by atoms with Crippen LogP contribution >= 0.6 is 0 Å². The molecular formula is C19H16FN3O3. The molecule has 3 aromatic rings. The summed E-state index contributed by atoms with van der Waals surface area (Å²) in [7, 11) is 0. The molecule has 3 N–H and O–H groups in total. The van der Waals surface area contributed by atoms with Crippen LogP contribution in [0.4, 0.5) is 16.0 Å². The highest BCUT2D eigenvalue weighted by atomic mass is 19.1. The first kappa shape index (κ1) is 16.1. The third kappa shape index (κ3) is 3.11. The molecule has 1 aliphatic heterocycles. The van der Waals surface area contributed by atoms with E-state index in [0.717, 1.165) is 5.56 Å². The van der Waals surface area contributed by atoms with Crippen LogP contribution in [-0.4, -0.2) is 17.7 Å². The Morgan fingerprint density at radius 1 is 1.23 bits per heavy atom. The molecular weight excluding hydrogens is 337 g/mol. The number of nitrogens with one attached hydrogen (secondary N) is 1. The third-order valence-corrected chi connectivity index (χ3v) is 4.36. The Balaban J connectivity index is 1.44. The van der Waals surface area contributed by atoms with Crippen molar-refractivity contribution in [3.63, 3.8) is 0 Å². The highest BCUT2D eigenvalue weighted by Gasteiger charge is 2.26. The smallest absolute Gasteiger partial charge is 0.231 e. The van der Waals surface area contributed by atoms with Gasteiger partial charge in [0.25, 0.3) is 0 Å². The van der Waals surface area contributed by atoms with E-state index in [1.54, 1.807) is 24.4 Å². The summed E-state index contributed by atoms with van der Waals surface area (Å²) in [5.74, 6) is -0.00925. The molecule has 1 atom stereocenters. The van der Waals surface area contributed by atoms with Crippen LogP contribution in [0.1, 0.15) is 5.56 Å². The lowest BCUT2D eigenvalue weighted by Gasteiger charge is -2.24. The monoisotopic (exact) mass is 353 g/mol. The number of benzene rings is 2. The Labute approximate surface area is 148 Å². The lowest BCUT2D eigenvalue weighted by atomic mass is 9.96. The molecule has 132 valence electrons. The van der Waals surface area contributed by atoms with E-state index in [0.29, 0.717) is 29.0 Å². The van der Waals surface area contributed by atoms with Crippen LogP contribution in [0.15, 0.2) is 53.2 Å². The molecule has 7 heteroatoms. The molecule has 6 nitrogen and oxygen atoms in total. The van der Waals surface area contributed by atoms with Crippen molar-refractivity contribution >= 4 is 17.5 Å². The van der Waals surface area contributed by atoms with Gasteiger partial charge in [-0.15, -0.1) is 0 Å². The number of hydrogen-bond donors (Lipinski definition) is 2. The highest BCUT2D eigenvalue weighted by Crippen LogP contribution is 2.29. The number of nitrogens with zero attached hydrogens (tertiary/aromatic N) is 1. The molecule has 1 unspecified atom stereocenters. The van der Waals surface area contributed by atoms with Crippen molar-refractivity contribution in [2.45, 2.75) is 6.42 Å². The van der Waals surface area contributed by atoms with Gasteiger partial charge in [-0.25, -0.2) is 4.39 Å². The van der Waals surface area contributed by atoms with Crippen molar-refractivity contribution in [1.29, 1.82) is 0 Å². The number of aromatic nitrogens is 1. The highest BCUT2D eigenvalue weighted by molar-refractivity contribution is 5.93. The van der Waals surface area contributed by atoms with Crippen LogP contribution in [0.2, 0.25) is 0 Å². The van der Waals surface area contributed by atoms with Crippen LogP contribution in [0, 0.1) is 11.7 Å². The van der Waals surface area contributed by atoms with Gasteiger partial charge in [-0.2, -0.15) is 0 Å². The summed E-state index contributed by atoms with van der Waals surface area (Å²) in [4.78, 5) is 12.5. The molecule has 1 aliphatic rings. The number of nitrogens with two attached hydrogens (primary N) is 1. The van der Waals surface area contributed by atoms with E-state index in [1.165, 1.54) is 12.1 Å². The van der Waals surface area contributed by atoms with Gasteiger partial charge >= 0.3 is 0 Å². The zero-order valence-electron chi connectivity index (χ0n) is 13.7. The number of ether oxygens (including phenoxy) is 1. The molecule has 0 radical (unpaired) electrons. The maximum atomic E-state index is 13.4. The maximum Gasteiger partial charge on any atom is 0.231 e. The zero-order chi connectivity index (χ0) is 18.1. The van der Waals surface area contributed by atoms with E-state index in [4.69, 9.17) is 15.0 Å². The topological polar surface area (TPSA) is 90.4 Å². The summed E-state index contributed by atoms with van der Waals surface area (Å²) in [6, 6.07) is 11.5. The molecule has 0 aliphatic carbocycles. The number of hydrogen-bond acceptors (Lipinski definition) is 5. The Hall–Kier alpha value is -3.35. The lowest BCUT2D eigenvalue weighted by molar-refractivity contribution is -0.121. The molecule has 2 aromatic carbocycles. The molecule has 0 bridgehead atoms. The Kier molecular flexibility index (Phi) is 4.04. The first-order valence-corrected chi connectivity index (χ1v) is 8.13. The van der Waals surface area contributed by atoms with Crippen LogP contribution in [0.3, 0.4) is 0 Å². The molecule has 0 saturated heterocycles. The fraction of sp³-hybridized carbons (Fsp3) is 0.158. The van der Waals surface area contributed by atoms with Gasteiger partial charge < -0.3 is 20.3 Å². The van der Waals surface area contributed by atoms with E-state index in [1.807, 2.05) is 12.1 Å². The quantitative estimate of drug-likeness (QED) is 0.754. The summed E-state index contributed by atoms with van der Waals surface area (Å²) >= 11 is 0. The van der Waals surface area contributed by atoms with Gasteiger partial charge in [0, 0.05) is 5.69 Å². The molecule has 1 amide bonds. The predicted octanol–water partition coefficient (Wildman–Crippen LogP) is 3.25. The van der Waals surface area contributed by atoms with Crippen LogP contribution in [0.25, 0.3) is 11.1 Å². The van der Waals surface area contributed by atoms with Crippen molar-refractivity contribution in [2.24, 2.45) is 5.92 Å². The largest absolute Gasteiger partial charge is 0.492 e. The summed E-state index contributed by atoms with van der Waals surface area (Å²) < 4.78 is 23.8. The van der Waals surface area contributed by atoms with Crippen molar-refractivity contribution in [1.82, 2.24) is 5.16 Å². The fourth-order valence-corrected chi connectivity index (χ4v) is 2.97. The summed E-state index contributed by atoms with van der Waals surface area (Å²) in [5, 5.41) is 6.51. The summed E-state index contributed by atoms with van der Waals surface area (Å²) in [5.41, 5.74) is 8.59. The molecule has 2 heterocycles. The summed E-state index contributed by atoms with van der Waals surface area (Å²) in [6.07, 6.45) is 1.98. The first-order chi connectivity index (χ1) is 12.6. The molecule has 1 aromatic heterocycles. The van der Waals surface area contributed by atoms with Crippen LogP contribution < -0.4 is 15.8 Å². The minimum Gasteiger partial charge on any atom is -0.492 e. The van der Waals surface area contributed by atoms with Gasteiger partial charge in [0.05, 0.1) is 17.7 Å². The third-order valence-electron chi connectivity index (χ3n) is 4.36. The van der Waals surface area contributed by atoms with Gasteiger partial charge in [0.1, 0.15) is 18.2 Å². The number of carbonyl (C=O) groups excluding carboxylic acids is 1. The number of anilines is 2. The number of amides is 1. The number of carbonyl (C=O) groups is 1. The Morgan fingerprint density at radius 3 is 2.77 bits per heavy atom. The summed E-state index contributed by atoms with van der Waals surface area (Å²) in [6.45, 7) is 0.264. The van der Waals surface area contributed by atoms with Crippen molar-refractivity contribution in [3.8, 4) is 16.9 Å². The average Bonchev–Trinajstić information content (AvgIpc) is 3.07. The van der Waals surface area contributed by atoms with Gasteiger partial charge in [-0.05, 0) is 47.9 Å². The van der Waals surface area contributed by atoms with E-state index >= 15 is 0 Å². The molecule has 0 saturated carbocycles. The molecule has 0 spiro atoms. The number of halogens is 1. The number of rotatable bonds is 3. The minimum atomic E-state index is -0.377. The second-order valence-corrected chi connectivity index (χ2v) is 6.13. The van der Waals surface area contributed by atoms with Crippen molar-refractivity contribution in [3.05, 3.63) is 60.0 Å². The van der Waals surface area contributed by atoms with Crippen molar-refractivity contribution < 1.29 is 18.4 Å². The minimum absolute atomic E-state index is 0.169. The predicted molar refractivity (Wildman–Crippen MR) is 94.1 cm³/mol. The lowest BCUT2D eigenvalue weighted by Crippen LogP contribution is -2.32.